The fourth-order valence-corrected chi connectivity index (χ4v) is 1.72. The highest BCUT2D eigenvalue weighted by atomic mass is 16.4. The van der Waals surface area contributed by atoms with Crippen molar-refractivity contribution < 1.29 is 14.6 Å². The minimum atomic E-state index is -0.0619. The summed E-state index contributed by atoms with van der Waals surface area (Å²) < 4.78 is 5.42. The molecule has 3 N–H and O–H groups in total. The molecule has 0 bridgehead atoms. The molecule has 3 rings (SSSR count). The number of hydrazone groups is 1. The Morgan fingerprint density at radius 3 is 2.80 bits per heavy atom. The standard InChI is InChI=1S/C14H11N3O3/c18-10-6-5-9(12(19)7-10)8-15-17-14-16-11-3-1-2-4-13(11)20-14/h1-8,18-19H,(H,16,17). The van der Waals surface area contributed by atoms with Crippen molar-refractivity contribution in [3.8, 4) is 11.5 Å². The molecule has 20 heavy (non-hydrogen) atoms. The number of aromatic hydroxyl groups is 2. The first-order chi connectivity index (χ1) is 9.72. The number of oxazole rings is 1. The SMILES string of the molecule is Oc1ccc(C=NNc2nc3ccccc3o2)c(O)c1. The Balaban J connectivity index is 1.76. The first kappa shape index (κ1) is 12.0. The third-order valence-electron chi connectivity index (χ3n) is 2.67. The minimum Gasteiger partial charge on any atom is -0.508 e. The zero-order chi connectivity index (χ0) is 13.9. The van der Waals surface area contributed by atoms with Crippen molar-refractivity contribution in [2.24, 2.45) is 5.10 Å². The van der Waals surface area contributed by atoms with Crippen molar-refractivity contribution >= 4 is 23.3 Å². The molecule has 0 unspecified atom stereocenters. The zero-order valence-electron chi connectivity index (χ0n) is 10.3. The molecule has 2 aromatic carbocycles. The van der Waals surface area contributed by atoms with Crippen LogP contribution >= 0.6 is 0 Å². The Labute approximate surface area is 114 Å². The number of hydrogen-bond donors (Lipinski definition) is 3. The van der Waals surface area contributed by atoms with Gasteiger partial charge in [0, 0.05) is 11.6 Å². The third kappa shape index (κ3) is 2.39. The second-order valence-corrected chi connectivity index (χ2v) is 4.10. The first-order valence-electron chi connectivity index (χ1n) is 5.89. The summed E-state index contributed by atoms with van der Waals surface area (Å²) in [7, 11) is 0. The Morgan fingerprint density at radius 1 is 1.15 bits per heavy atom. The van der Waals surface area contributed by atoms with E-state index < -0.39 is 0 Å². The summed E-state index contributed by atoms with van der Waals surface area (Å²) in [6.07, 6.45) is 1.41. The molecule has 1 heterocycles. The zero-order valence-corrected chi connectivity index (χ0v) is 10.3. The van der Waals surface area contributed by atoms with E-state index in [0.29, 0.717) is 11.1 Å². The second kappa shape index (κ2) is 4.93. The Kier molecular flexibility index (Phi) is 2.96. The van der Waals surface area contributed by atoms with E-state index in [9.17, 15) is 10.2 Å². The summed E-state index contributed by atoms with van der Waals surface area (Å²) in [6.45, 7) is 0. The Morgan fingerprint density at radius 2 is 2.00 bits per heavy atom. The van der Waals surface area contributed by atoms with Crippen LogP contribution in [0, 0.1) is 0 Å². The van der Waals surface area contributed by atoms with Gasteiger partial charge in [-0.25, -0.2) is 5.43 Å². The number of nitrogens with zero attached hydrogens (tertiary/aromatic N) is 2. The largest absolute Gasteiger partial charge is 0.508 e. The fourth-order valence-electron chi connectivity index (χ4n) is 1.72. The molecule has 0 fully saturated rings. The van der Waals surface area contributed by atoms with Crippen LogP contribution < -0.4 is 5.43 Å². The van der Waals surface area contributed by atoms with Crippen LogP contribution in [0.3, 0.4) is 0 Å². The minimum absolute atomic E-state index is 0.00781. The van der Waals surface area contributed by atoms with Crippen LogP contribution in [0.2, 0.25) is 0 Å². The number of rotatable bonds is 3. The third-order valence-corrected chi connectivity index (χ3v) is 2.67. The maximum atomic E-state index is 9.58. The van der Waals surface area contributed by atoms with Gasteiger partial charge in [0.1, 0.15) is 17.0 Å². The number of nitrogens with one attached hydrogen (secondary N) is 1. The maximum Gasteiger partial charge on any atom is 0.316 e. The average molecular weight is 269 g/mol. The van der Waals surface area contributed by atoms with Gasteiger partial charge < -0.3 is 14.6 Å². The summed E-state index contributed by atoms with van der Waals surface area (Å²) in [6, 6.07) is 11.9. The number of fused-ring (bicyclic) bond motifs is 1. The molecule has 0 aliphatic heterocycles. The molecule has 0 radical (unpaired) electrons. The predicted octanol–water partition coefficient (Wildman–Crippen LogP) is 2.69. The van der Waals surface area contributed by atoms with Gasteiger partial charge in [0.05, 0.1) is 6.21 Å². The van der Waals surface area contributed by atoms with Crippen LogP contribution in [0.4, 0.5) is 6.01 Å². The van der Waals surface area contributed by atoms with E-state index in [1.165, 1.54) is 18.3 Å². The summed E-state index contributed by atoms with van der Waals surface area (Å²) >= 11 is 0. The van der Waals surface area contributed by atoms with Crippen LogP contribution in [0.25, 0.3) is 11.1 Å². The molecular weight excluding hydrogens is 258 g/mol. The van der Waals surface area contributed by atoms with Crippen molar-refractivity contribution in [1.82, 2.24) is 4.98 Å². The number of anilines is 1. The van der Waals surface area contributed by atoms with Crippen LogP contribution in [0.1, 0.15) is 5.56 Å². The van der Waals surface area contributed by atoms with Crippen LogP contribution in [0.5, 0.6) is 11.5 Å². The molecule has 0 atom stereocenters. The lowest BCUT2D eigenvalue weighted by atomic mass is 10.2. The summed E-state index contributed by atoms with van der Waals surface area (Å²) in [5.74, 6) is -0.0697. The Bertz CT molecular complexity index is 747. The van der Waals surface area contributed by atoms with Gasteiger partial charge in [0.2, 0.25) is 0 Å². The number of aromatic nitrogens is 1. The molecule has 6 heteroatoms. The van der Waals surface area contributed by atoms with Gasteiger partial charge in [0.15, 0.2) is 5.58 Å². The lowest BCUT2D eigenvalue weighted by Crippen LogP contribution is -1.90. The van der Waals surface area contributed by atoms with E-state index in [0.717, 1.165) is 5.52 Å². The van der Waals surface area contributed by atoms with Gasteiger partial charge in [-0.1, -0.05) is 12.1 Å². The summed E-state index contributed by atoms with van der Waals surface area (Å²) in [5.41, 5.74) is 4.51. The normalized spacial score (nSPS) is 11.2. The van der Waals surface area contributed by atoms with Crippen LogP contribution in [0.15, 0.2) is 52.0 Å². The number of benzene rings is 2. The lowest BCUT2D eigenvalue weighted by Gasteiger charge is -1.98. The number of hydrogen-bond acceptors (Lipinski definition) is 6. The van der Waals surface area contributed by atoms with Crippen LogP contribution in [-0.2, 0) is 0 Å². The van der Waals surface area contributed by atoms with E-state index in [4.69, 9.17) is 4.42 Å². The molecule has 3 aromatic rings. The van der Waals surface area contributed by atoms with E-state index in [-0.39, 0.29) is 17.5 Å². The first-order valence-corrected chi connectivity index (χ1v) is 5.89. The van der Waals surface area contributed by atoms with Gasteiger partial charge >= 0.3 is 6.01 Å². The van der Waals surface area contributed by atoms with E-state index in [2.05, 4.69) is 15.5 Å². The number of para-hydroxylation sites is 2. The average Bonchev–Trinajstić information content (AvgIpc) is 2.84. The lowest BCUT2D eigenvalue weighted by molar-refractivity contribution is 0.450. The monoisotopic (exact) mass is 269 g/mol. The van der Waals surface area contributed by atoms with Gasteiger partial charge in [-0.05, 0) is 24.3 Å². The van der Waals surface area contributed by atoms with Crippen molar-refractivity contribution in [1.29, 1.82) is 0 Å². The molecule has 0 amide bonds. The van der Waals surface area contributed by atoms with Crippen molar-refractivity contribution in [2.75, 3.05) is 5.43 Å². The molecule has 1 aromatic heterocycles. The van der Waals surface area contributed by atoms with E-state index in [1.54, 1.807) is 6.07 Å². The molecule has 0 saturated heterocycles. The molecular formula is C14H11N3O3. The highest BCUT2D eigenvalue weighted by Gasteiger charge is 2.03. The highest BCUT2D eigenvalue weighted by Crippen LogP contribution is 2.21. The molecule has 0 saturated carbocycles. The molecule has 0 aliphatic rings. The van der Waals surface area contributed by atoms with Crippen molar-refractivity contribution in [3.63, 3.8) is 0 Å². The number of phenols is 2. The summed E-state index contributed by atoms with van der Waals surface area (Å²) in [5, 5.41) is 22.7. The van der Waals surface area contributed by atoms with E-state index in [1.807, 2.05) is 24.3 Å². The topological polar surface area (TPSA) is 90.9 Å². The van der Waals surface area contributed by atoms with Crippen molar-refractivity contribution in [3.05, 3.63) is 48.0 Å². The van der Waals surface area contributed by atoms with Gasteiger partial charge in [-0.3, -0.25) is 0 Å². The highest BCUT2D eigenvalue weighted by molar-refractivity contribution is 5.84. The molecule has 0 spiro atoms. The smallest absolute Gasteiger partial charge is 0.316 e. The quantitative estimate of drug-likeness (QED) is 0.502. The number of phenolic OH excluding ortho intramolecular Hbond substituents is 2. The molecule has 100 valence electrons. The summed E-state index contributed by atoms with van der Waals surface area (Å²) in [4.78, 5) is 4.19. The Hall–Kier alpha value is -3.02. The van der Waals surface area contributed by atoms with E-state index >= 15 is 0 Å². The molecule has 6 nitrogen and oxygen atoms in total. The fraction of sp³-hybridized carbons (Fsp3) is 0. The van der Waals surface area contributed by atoms with Crippen LogP contribution in [-0.4, -0.2) is 21.4 Å². The van der Waals surface area contributed by atoms with Gasteiger partial charge in [0.25, 0.3) is 0 Å². The van der Waals surface area contributed by atoms with Gasteiger partial charge in [-0.2, -0.15) is 10.1 Å². The van der Waals surface area contributed by atoms with Gasteiger partial charge in [-0.15, -0.1) is 0 Å². The second-order valence-electron chi connectivity index (χ2n) is 4.10. The predicted molar refractivity (Wildman–Crippen MR) is 75.0 cm³/mol. The maximum absolute atomic E-state index is 9.58. The van der Waals surface area contributed by atoms with Crippen molar-refractivity contribution in [2.45, 2.75) is 0 Å². The molecule has 0 aliphatic carbocycles.